The molecule has 4 aromatic heterocycles. The Bertz CT molecular complexity index is 1200. The summed E-state index contributed by atoms with van der Waals surface area (Å²) in [7, 11) is 0. The Hall–Kier alpha value is -4.25. The first kappa shape index (κ1) is 17.8. The summed E-state index contributed by atoms with van der Waals surface area (Å²) in [6.45, 7) is 0. The van der Waals surface area contributed by atoms with E-state index in [-0.39, 0.29) is 0 Å². The molecule has 4 heterocycles. The van der Waals surface area contributed by atoms with Crippen molar-refractivity contribution in [1.82, 2.24) is 24.9 Å². The Morgan fingerprint density at radius 1 is 0.433 bits per heavy atom. The molecule has 142 valence electrons. The van der Waals surface area contributed by atoms with Gasteiger partial charge in [0.1, 0.15) is 0 Å². The van der Waals surface area contributed by atoms with Crippen LogP contribution in [-0.4, -0.2) is 24.9 Å². The van der Waals surface area contributed by atoms with Crippen LogP contribution in [0.3, 0.4) is 0 Å². The van der Waals surface area contributed by atoms with Crippen LogP contribution < -0.4 is 0 Å². The molecule has 5 aromatic rings. The Morgan fingerprint density at radius 3 is 1.53 bits per heavy atom. The quantitative estimate of drug-likeness (QED) is 0.417. The van der Waals surface area contributed by atoms with Gasteiger partial charge in [0, 0.05) is 35.9 Å². The van der Waals surface area contributed by atoms with E-state index in [9.17, 15) is 0 Å². The summed E-state index contributed by atoms with van der Waals surface area (Å²) in [6, 6.07) is 25.6. The molecule has 0 aliphatic heterocycles. The molecule has 30 heavy (non-hydrogen) atoms. The summed E-state index contributed by atoms with van der Waals surface area (Å²) in [5.41, 5.74) is 6.01. The zero-order valence-corrected chi connectivity index (χ0v) is 16.1. The highest BCUT2D eigenvalue weighted by Crippen LogP contribution is 2.27. The van der Waals surface area contributed by atoms with Gasteiger partial charge in [0.25, 0.3) is 0 Å². The summed E-state index contributed by atoms with van der Waals surface area (Å²) in [5, 5.41) is 0. The molecule has 0 aliphatic rings. The van der Waals surface area contributed by atoms with Crippen LogP contribution >= 0.6 is 0 Å². The highest BCUT2D eigenvalue weighted by atomic mass is 14.9. The fourth-order valence-electron chi connectivity index (χ4n) is 3.21. The Labute approximate surface area is 174 Å². The fourth-order valence-corrected chi connectivity index (χ4v) is 3.21. The Kier molecular flexibility index (Phi) is 4.76. The molecular weight excluding hydrogens is 370 g/mol. The van der Waals surface area contributed by atoms with E-state index in [1.807, 2.05) is 91.3 Å². The highest BCUT2D eigenvalue weighted by molar-refractivity contribution is 5.72. The number of pyridine rings is 3. The summed E-state index contributed by atoms with van der Waals surface area (Å²) in [5.74, 6) is 0.631. The minimum atomic E-state index is 0.631. The summed E-state index contributed by atoms with van der Waals surface area (Å²) in [6.07, 6.45) is 7.21. The van der Waals surface area contributed by atoms with Gasteiger partial charge in [-0.1, -0.05) is 42.5 Å². The second-order valence-electron chi connectivity index (χ2n) is 6.72. The monoisotopic (exact) mass is 387 g/mol. The predicted octanol–water partition coefficient (Wildman–Crippen LogP) is 5.33. The number of rotatable bonds is 4. The van der Waals surface area contributed by atoms with Crippen molar-refractivity contribution in [2.75, 3.05) is 0 Å². The number of hydrogen-bond acceptors (Lipinski definition) is 5. The molecule has 0 fully saturated rings. The molecule has 0 atom stereocenters. The average molecular weight is 387 g/mol. The topological polar surface area (TPSA) is 64.5 Å². The van der Waals surface area contributed by atoms with Gasteiger partial charge in [-0.2, -0.15) is 0 Å². The van der Waals surface area contributed by atoms with Gasteiger partial charge in [-0.3, -0.25) is 9.97 Å². The Balaban J connectivity index is 1.60. The first-order valence-electron chi connectivity index (χ1n) is 9.59. The van der Waals surface area contributed by atoms with Crippen LogP contribution in [0.2, 0.25) is 0 Å². The second-order valence-corrected chi connectivity index (χ2v) is 6.72. The maximum Gasteiger partial charge on any atom is 0.159 e. The van der Waals surface area contributed by atoms with E-state index in [4.69, 9.17) is 4.98 Å². The van der Waals surface area contributed by atoms with E-state index in [1.165, 1.54) is 0 Å². The molecule has 5 heteroatoms. The van der Waals surface area contributed by atoms with Crippen LogP contribution in [0.4, 0.5) is 0 Å². The van der Waals surface area contributed by atoms with Crippen LogP contribution in [0.25, 0.3) is 45.3 Å². The van der Waals surface area contributed by atoms with Gasteiger partial charge in [0.05, 0.1) is 22.8 Å². The van der Waals surface area contributed by atoms with Crippen molar-refractivity contribution in [2.45, 2.75) is 0 Å². The van der Waals surface area contributed by atoms with Crippen molar-refractivity contribution < 1.29 is 0 Å². The molecule has 0 N–H and O–H groups in total. The molecule has 0 saturated heterocycles. The normalized spacial score (nSPS) is 10.7. The molecule has 1 aromatic carbocycles. The van der Waals surface area contributed by atoms with Crippen molar-refractivity contribution in [3.63, 3.8) is 0 Å². The molecule has 0 saturated carbocycles. The average Bonchev–Trinajstić information content (AvgIpc) is 2.85. The SMILES string of the molecule is c1ccc(-c2cnc(-c3cc(-c4ccccn4)nc(-c4ccccn4)c3)nc2)cc1. The standard InChI is InChI=1S/C25H17N5/c1-2-8-18(9-3-1)20-16-28-25(29-17-20)19-14-23(21-10-4-6-12-26-21)30-24(15-19)22-11-5-7-13-27-22/h1-17H. The number of aromatic nitrogens is 5. The first-order valence-corrected chi connectivity index (χ1v) is 9.59. The lowest BCUT2D eigenvalue weighted by molar-refractivity contribution is 1.16. The van der Waals surface area contributed by atoms with Gasteiger partial charge < -0.3 is 0 Å². The lowest BCUT2D eigenvalue weighted by Gasteiger charge is -2.09. The van der Waals surface area contributed by atoms with Gasteiger partial charge in [-0.25, -0.2) is 15.0 Å². The van der Waals surface area contributed by atoms with E-state index < -0.39 is 0 Å². The van der Waals surface area contributed by atoms with Crippen LogP contribution in [0.1, 0.15) is 0 Å². The van der Waals surface area contributed by atoms with Gasteiger partial charge in [0.15, 0.2) is 5.82 Å². The third kappa shape index (κ3) is 3.69. The van der Waals surface area contributed by atoms with Gasteiger partial charge in [0.2, 0.25) is 0 Å². The molecule has 0 amide bonds. The molecule has 5 rings (SSSR count). The van der Waals surface area contributed by atoms with Crippen LogP contribution in [0.5, 0.6) is 0 Å². The van der Waals surface area contributed by atoms with E-state index in [0.717, 1.165) is 39.5 Å². The maximum absolute atomic E-state index is 4.78. The molecule has 0 aliphatic carbocycles. The minimum absolute atomic E-state index is 0.631. The van der Waals surface area contributed by atoms with Crippen molar-refractivity contribution in [3.8, 4) is 45.3 Å². The van der Waals surface area contributed by atoms with E-state index in [1.54, 1.807) is 12.4 Å². The third-order valence-corrected chi connectivity index (χ3v) is 4.70. The molecule has 0 bridgehead atoms. The molecule has 0 spiro atoms. The zero-order valence-electron chi connectivity index (χ0n) is 16.1. The van der Waals surface area contributed by atoms with Crippen molar-refractivity contribution in [2.24, 2.45) is 0 Å². The molecule has 0 radical (unpaired) electrons. The fraction of sp³-hybridized carbons (Fsp3) is 0. The third-order valence-electron chi connectivity index (χ3n) is 4.70. The number of nitrogens with zero attached hydrogens (tertiary/aromatic N) is 5. The van der Waals surface area contributed by atoms with E-state index in [2.05, 4.69) is 19.9 Å². The smallest absolute Gasteiger partial charge is 0.159 e. The van der Waals surface area contributed by atoms with E-state index in [0.29, 0.717) is 5.82 Å². The maximum atomic E-state index is 4.78. The van der Waals surface area contributed by atoms with Gasteiger partial charge in [-0.05, 0) is 42.0 Å². The van der Waals surface area contributed by atoms with Gasteiger partial charge >= 0.3 is 0 Å². The minimum Gasteiger partial charge on any atom is -0.255 e. The van der Waals surface area contributed by atoms with Crippen molar-refractivity contribution in [3.05, 3.63) is 104 Å². The highest BCUT2D eigenvalue weighted by Gasteiger charge is 2.12. The van der Waals surface area contributed by atoms with E-state index >= 15 is 0 Å². The Morgan fingerprint density at radius 2 is 1.00 bits per heavy atom. The predicted molar refractivity (Wildman–Crippen MR) is 117 cm³/mol. The van der Waals surface area contributed by atoms with Crippen molar-refractivity contribution >= 4 is 0 Å². The van der Waals surface area contributed by atoms with Gasteiger partial charge in [-0.15, -0.1) is 0 Å². The summed E-state index contributed by atoms with van der Waals surface area (Å²) < 4.78 is 0. The van der Waals surface area contributed by atoms with Crippen LogP contribution in [0.15, 0.2) is 104 Å². The lowest BCUT2D eigenvalue weighted by Crippen LogP contribution is -1.96. The lowest BCUT2D eigenvalue weighted by atomic mass is 10.1. The molecule has 0 unspecified atom stereocenters. The van der Waals surface area contributed by atoms with Crippen LogP contribution in [0, 0.1) is 0 Å². The second kappa shape index (κ2) is 8.01. The molecule has 5 nitrogen and oxygen atoms in total. The number of benzene rings is 1. The summed E-state index contributed by atoms with van der Waals surface area (Å²) >= 11 is 0. The number of hydrogen-bond donors (Lipinski definition) is 0. The first-order chi connectivity index (χ1) is 14.9. The van der Waals surface area contributed by atoms with Crippen molar-refractivity contribution in [1.29, 1.82) is 0 Å². The zero-order chi connectivity index (χ0) is 20.2. The molecular formula is C25H17N5. The summed E-state index contributed by atoms with van der Waals surface area (Å²) in [4.78, 5) is 22.9. The van der Waals surface area contributed by atoms with Crippen LogP contribution in [-0.2, 0) is 0 Å². The largest absolute Gasteiger partial charge is 0.255 e.